The number of benzene rings is 9. The van der Waals surface area contributed by atoms with Crippen LogP contribution >= 0.6 is 0 Å². The minimum atomic E-state index is -0.710. The molecule has 2 heterocycles. The summed E-state index contributed by atoms with van der Waals surface area (Å²) in [5.41, 5.74) is 22.9. The Labute approximate surface area is 480 Å². The Bertz CT molecular complexity index is 4060. The predicted molar refractivity (Wildman–Crippen MR) is 336 cm³/mol. The second kappa shape index (κ2) is 17.7. The number of nitrogens with zero attached hydrogens (tertiary/aromatic N) is 1. The summed E-state index contributed by atoms with van der Waals surface area (Å²) in [5, 5.41) is 0. The molecule has 0 bridgehead atoms. The summed E-state index contributed by atoms with van der Waals surface area (Å²) < 4.78 is 14.4. The smallest absolute Gasteiger partial charge is 0.132 e. The average molecular weight is 1060 g/mol. The van der Waals surface area contributed by atoms with Gasteiger partial charge in [0.15, 0.2) is 0 Å². The van der Waals surface area contributed by atoms with Gasteiger partial charge in [0.05, 0.1) is 16.5 Å². The molecule has 0 saturated carbocycles. The van der Waals surface area contributed by atoms with Crippen molar-refractivity contribution in [2.75, 3.05) is 4.90 Å². The third-order valence-corrected chi connectivity index (χ3v) is 18.6. The maximum atomic E-state index is 7.23. The average Bonchev–Trinajstić information content (AvgIpc) is 2.47. The normalized spacial score (nSPS) is 18.7. The van der Waals surface area contributed by atoms with Gasteiger partial charge in [-0.2, -0.15) is 0 Å². The van der Waals surface area contributed by atoms with Crippen LogP contribution in [0.25, 0.3) is 33.4 Å². The lowest BCUT2D eigenvalue weighted by Gasteiger charge is -2.49. The van der Waals surface area contributed by atoms with E-state index in [0.29, 0.717) is 0 Å². The van der Waals surface area contributed by atoms with E-state index in [-0.39, 0.29) is 33.7 Å². The van der Waals surface area contributed by atoms with Gasteiger partial charge in [-0.25, -0.2) is 0 Å². The van der Waals surface area contributed by atoms with Crippen molar-refractivity contribution >= 4 is 17.1 Å². The van der Waals surface area contributed by atoms with Crippen LogP contribution in [0.15, 0.2) is 218 Å². The first-order valence-electron chi connectivity index (χ1n) is 29.3. The molecular formula is C78H73NO2. The second-order valence-corrected chi connectivity index (χ2v) is 27.7. The van der Waals surface area contributed by atoms with Crippen LogP contribution in [-0.2, 0) is 27.1 Å². The van der Waals surface area contributed by atoms with Crippen LogP contribution in [-0.4, -0.2) is 6.10 Å². The fraction of sp³-hybridized carbons (Fsp3) is 0.256. The number of ether oxygens (including phenoxy) is 2. The van der Waals surface area contributed by atoms with Crippen molar-refractivity contribution in [3.63, 3.8) is 0 Å². The molecule has 2 aliphatic heterocycles. The fourth-order valence-corrected chi connectivity index (χ4v) is 14.4. The molecule has 3 heteroatoms. The van der Waals surface area contributed by atoms with Crippen molar-refractivity contribution in [2.45, 2.75) is 116 Å². The van der Waals surface area contributed by atoms with E-state index in [9.17, 15) is 0 Å². The Morgan fingerprint density at radius 2 is 0.877 bits per heavy atom. The first-order valence-corrected chi connectivity index (χ1v) is 29.3. The summed E-state index contributed by atoms with van der Waals surface area (Å²) in [6.45, 7) is 28.0. The molecule has 2 spiro atoms. The number of para-hydroxylation sites is 2. The Kier molecular flexibility index (Phi) is 11.1. The molecule has 0 fully saturated rings. The van der Waals surface area contributed by atoms with E-state index in [1.807, 2.05) is 0 Å². The van der Waals surface area contributed by atoms with Crippen molar-refractivity contribution in [1.29, 1.82) is 0 Å². The summed E-state index contributed by atoms with van der Waals surface area (Å²) >= 11 is 0. The maximum Gasteiger partial charge on any atom is 0.132 e. The van der Waals surface area contributed by atoms with Crippen molar-refractivity contribution in [1.82, 2.24) is 0 Å². The van der Waals surface area contributed by atoms with Gasteiger partial charge in [0.25, 0.3) is 0 Å². The molecule has 3 nitrogen and oxygen atoms in total. The van der Waals surface area contributed by atoms with E-state index in [1.54, 1.807) is 0 Å². The quantitative estimate of drug-likeness (QED) is 0.175. The zero-order valence-corrected chi connectivity index (χ0v) is 49.1. The maximum absolute atomic E-state index is 7.23. The lowest BCUT2D eigenvalue weighted by molar-refractivity contribution is 0.139. The number of allylic oxidation sites excluding steroid dienone is 2. The van der Waals surface area contributed by atoms with Gasteiger partial charge < -0.3 is 14.4 Å². The summed E-state index contributed by atoms with van der Waals surface area (Å²) in [5.74, 6) is 2.66. The molecule has 0 N–H and O–H groups in total. The first-order chi connectivity index (χ1) is 38.7. The Hall–Kier alpha value is -8.14. The summed E-state index contributed by atoms with van der Waals surface area (Å²) in [6.07, 6.45) is 7.06. The standard InChI is InChI=1S/C78H73NO2/c1-73(2,3)49-30-36-57-58-37-31-50(74(4,5)6)43-63(58)78(62(57)42-49)61-27-19-21-29-69(61)80-72-41-35-54(47-67(72)78)79(68-28-20-17-24-55(68)48-22-14-13-15-23-48)53-34-38-59-56-25-16-18-26-60(56)77(64(59)46-53)65-44-51(75(7,8)9)32-39-70(65)81-71-40-33-52(45-66(71)77)76(10,11)12/h13-47,65,70H,1-12H3. The van der Waals surface area contributed by atoms with Crippen molar-refractivity contribution in [2.24, 2.45) is 11.3 Å². The van der Waals surface area contributed by atoms with Crippen LogP contribution in [0.5, 0.6) is 17.2 Å². The van der Waals surface area contributed by atoms with Gasteiger partial charge in [-0.1, -0.05) is 241 Å². The largest absolute Gasteiger partial charge is 0.485 e. The van der Waals surface area contributed by atoms with E-state index >= 15 is 0 Å². The zero-order valence-electron chi connectivity index (χ0n) is 49.1. The molecule has 0 saturated heterocycles. The van der Waals surface area contributed by atoms with Gasteiger partial charge in [0.2, 0.25) is 0 Å². The number of rotatable bonds is 4. The number of hydrogen-bond donors (Lipinski definition) is 0. The summed E-state index contributed by atoms with van der Waals surface area (Å²) in [4.78, 5) is 2.54. The molecule has 14 rings (SSSR count). The Morgan fingerprint density at radius 3 is 1.53 bits per heavy atom. The molecule has 0 amide bonds. The predicted octanol–water partition coefficient (Wildman–Crippen LogP) is 20.4. The Balaban J connectivity index is 1.08. The van der Waals surface area contributed by atoms with Crippen molar-refractivity contribution < 1.29 is 9.47 Å². The molecule has 5 aliphatic rings. The molecule has 0 aromatic heterocycles. The van der Waals surface area contributed by atoms with Crippen LogP contribution in [0.4, 0.5) is 17.1 Å². The van der Waals surface area contributed by atoms with E-state index in [2.05, 4.69) is 300 Å². The highest BCUT2D eigenvalue weighted by Crippen LogP contribution is 2.66. The van der Waals surface area contributed by atoms with Gasteiger partial charge in [0.1, 0.15) is 23.4 Å². The van der Waals surface area contributed by atoms with E-state index in [0.717, 1.165) is 56.6 Å². The van der Waals surface area contributed by atoms with E-state index in [1.165, 1.54) is 72.3 Å². The van der Waals surface area contributed by atoms with Crippen LogP contribution in [0, 0.1) is 11.3 Å². The molecule has 3 aliphatic carbocycles. The van der Waals surface area contributed by atoms with Crippen LogP contribution in [0.3, 0.4) is 0 Å². The molecular weight excluding hydrogens is 983 g/mol. The Morgan fingerprint density at radius 1 is 0.383 bits per heavy atom. The van der Waals surface area contributed by atoms with Crippen molar-refractivity contribution in [3.05, 3.63) is 274 Å². The molecule has 0 radical (unpaired) electrons. The summed E-state index contributed by atoms with van der Waals surface area (Å²) in [7, 11) is 0. The topological polar surface area (TPSA) is 21.7 Å². The fourth-order valence-electron chi connectivity index (χ4n) is 14.4. The van der Waals surface area contributed by atoms with Crippen molar-refractivity contribution in [3.8, 4) is 50.6 Å². The summed E-state index contributed by atoms with van der Waals surface area (Å²) in [6, 6.07) is 73.9. The molecule has 9 aromatic rings. The SMILES string of the molecule is CC(C)(C)C1=CC2C(C=C1)Oc1ccc(C(C)(C)C)cc1C21c2ccccc2-c2ccc(N(c3ccc4c(c3)C3(c5ccccc5O4)c4cc(C(C)(C)C)ccc4-c4ccc(C(C)(C)C)cc43)c3ccccc3-c3ccccc3)cc21. The molecule has 3 unspecified atom stereocenters. The highest BCUT2D eigenvalue weighted by atomic mass is 16.5. The lowest BCUT2D eigenvalue weighted by atomic mass is 9.58. The van der Waals surface area contributed by atoms with E-state index < -0.39 is 10.8 Å². The van der Waals surface area contributed by atoms with Gasteiger partial charge in [0, 0.05) is 39.5 Å². The minimum Gasteiger partial charge on any atom is -0.485 e. The highest BCUT2D eigenvalue weighted by Gasteiger charge is 2.57. The minimum absolute atomic E-state index is 0.0403. The van der Waals surface area contributed by atoms with Gasteiger partial charge in [-0.15, -0.1) is 0 Å². The third kappa shape index (κ3) is 7.60. The zero-order chi connectivity index (χ0) is 56.2. The number of fused-ring (bicyclic) bond motifs is 18. The van der Waals surface area contributed by atoms with E-state index in [4.69, 9.17) is 9.47 Å². The highest BCUT2D eigenvalue weighted by molar-refractivity contribution is 5.94. The van der Waals surface area contributed by atoms with Crippen LogP contribution in [0.1, 0.15) is 139 Å². The molecule has 402 valence electrons. The lowest BCUT2D eigenvalue weighted by Crippen LogP contribution is -2.48. The molecule has 9 aromatic carbocycles. The van der Waals surface area contributed by atoms with Gasteiger partial charge in [-0.05, 0) is 149 Å². The van der Waals surface area contributed by atoms with Crippen LogP contribution < -0.4 is 14.4 Å². The number of hydrogen-bond acceptors (Lipinski definition) is 3. The molecule has 3 atom stereocenters. The van der Waals surface area contributed by atoms with Gasteiger partial charge >= 0.3 is 0 Å². The molecule has 81 heavy (non-hydrogen) atoms. The monoisotopic (exact) mass is 1060 g/mol. The second-order valence-electron chi connectivity index (χ2n) is 27.7. The number of anilines is 3. The van der Waals surface area contributed by atoms with Gasteiger partial charge in [-0.3, -0.25) is 0 Å². The third-order valence-electron chi connectivity index (χ3n) is 18.6. The first kappa shape index (κ1) is 51.0. The van der Waals surface area contributed by atoms with Crippen LogP contribution in [0.2, 0.25) is 0 Å².